The van der Waals surface area contributed by atoms with Crippen molar-refractivity contribution in [2.75, 3.05) is 6.54 Å². The fraction of sp³-hybridized carbons (Fsp3) is 0.250. The third-order valence-electron chi connectivity index (χ3n) is 4.60. The normalized spacial score (nSPS) is 14.5. The second-order valence-corrected chi connectivity index (χ2v) is 6.28. The van der Waals surface area contributed by atoms with Crippen molar-refractivity contribution in [3.8, 4) is 0 Å². The average Bonchev–Trinajstić information content (AvgIpc) is 3.00. The molecular weight excluding hydrogens is 301 g/mol. The van der Waals surface area contributed by atoms with E-state index in [-0.39, 0.29) is 5.82 Å². The molecule has 0 atom stereocenters. The first kappa shape index (κ1) is 15.1. The molecule has 24 heavy (non-hydrogen) atoms. The zero-order chi connectivity index (χ0) is 16.4. The summed E-state index contributed by atoms with van der Waals surface area (Å²) in [6.45, 7) is 3.74. The van der Waals surface area contributed by atoms with E-state index < -0.39 is 0 Å². The summed E-state index contributed by atoms with van der Waals surface area (Å²) in [5.41, 5.74) is 3.25. The molecule has 122 valence electrons. The first-order valence-corrected chi connectivity index (χ1v) is 8.32. The number of imidazole rings is 1. The minimum atomic E-state index is -0.156. The maximum absolute atomic E-state index is 13.9. The van der Waals surface area contributed by atoms with Crippen molar-refractivity contribution < 1.29 is 4.39 Å². The Morgan fingerprint density at radius 2 is 1.75 bits per heavy atom. The van der Waals surface area contributed by atoms with E-state index in [1.54, 1.807) is 6.07 Å². The minimum Gasteiger partial charge on any atom is -0.329 e. The molecule has 0 saturated carbocycles. The molecule has 0 aliphatic carbocycles. The lowest BCUT2D eigenvalue weighted by Gasteiger charge is -2.29. The fourth-order valence-electron chi connectivity index (χ4n) is 3.33. The van der Waals surface area contributed by atoms with Crippen molar-refractivity contribution in [2.45, 2.75) is 26.1 Å². The predicted octanol–water partition coefficient (Wildman–Crippen LogP) is 3.63. The number of rotatable bonds is 4. The van der Waals surface area contributed by atoms with Crippen LogP contribution in [0.25, 0.3) is 0 Å². The smallest absolute Gasteiger partial charge is 0.126 e. The highest BCUT2D eigenvalue weighted by Gasteiger charge is 2.20. The Kier molecular flexibility index (Phi) is 4.13. The van der Waals surface area contributed by atoms with Crippen molar-refractivity contribution in [2.24, 2.45) is 0 Å². The molecule has 2 heterocycles. The van der Waals surface area contributed by atoms with E-state index in [0.717, 1.165) is 32.0 Å². The van der Waals surface area contributed by atoms with Crippen LogP contribution >= 0.6 is 0 Å². The molecule has 4 heteroatoms. The van der Waals surface area contributed by atoms with Gasteiger partial charge in [0.05, 0.1) is 5.69 Å². The number of nitrogens with zero attached hydrogens (tertiary/aromatic N) is 3. The molecule has 4 rings (SSSR count). The van der Waals surface area contributed by atoms with Crippen molar-refractivity contribution in [1.29, 1.82) is 0 Å². The fourth-order valence-corrected chi connectivity index (χ4v) is 3.33. The summed E-state index contributed by atoms with van der Waals surface area (Å²) in [6, 6.07) is 17.5. The van der Waals surface area contributed by atoms with Gasteiger partial charge in [-0.15, -0.1) is 0 Å². The Hall–Kier alpha value is -2.46. The summed E-state index contributed by atoms with van der Waals surface area (Å²) in [4.78, 5) is 6.98. The third kappa shape index (κ3) is 3.10. The molecule has 0 fully saturated rings. The first-order valence-electron chi connectivity index (χ1n) is 8.32. The number of hydrogen-bond acceptors (Lipinski definition) is 2. The van der Waals surface area contributed by atoms with Gasteiger partial charge in [-0.05, 0) is 17.2 Å². The topological polar surface area (TPSA) is 21.1 Å². The highest BCUT2D eigenvalue weighted by Crippen LogP contribution is 2.19. The van der Waals surface area contributed by atoms with Gasteiger partial charge in [0.15, 0.2) is 0 Å². The van der Waals surface area contributed by atoms with E-state index in [2.05, 4.69) is 38.7 Å². The summed E-state index contributed by atoms with van der Waals surface area (Å²) in [5.74, 6) is 0.797. The zero-order valence-corrected chi connectivity index (χ0v) is 13.5. The van der Waals surface area contributed by atoms with Crippen LogP contribution in [-0.4, -0.2) is 21.0 Å². The van der Waals surface area contributed by atoms with Crippen LogP contribution in [0.4, 0.5) is 4.39 Å². The molecular formula is C20H20FN3. The van der Waals surface area contributed by atoms with Gasteiger partial charge in [-0.25, -0.2) is 9.37 Å². The maximum atomic E-state index is 13.9. The van der Waals surface area contributed by atoms with Crippen molar-refractivity contribution in [1.82, 2.24) is 14.5 Å². The second-order valence-electron chi connectivity index (χ2n) is 6.28. The van der Waals surface area contributed by atoms with E-state index in [4.69, 9.17) is 0 Å². The summed E-state index contributed by atoms with van der Waals surface area (Å²) in [5, 5.41) is 0. The molecule has 0 bridgehead atoms. The standard InChI is InChI=1S/C20H20FN3/c21-19-9-5-4-8-17(19)12-20-22-13-18-15-23(10-11-24(18)20)14-16-6-2-1-3-7-16/h1-9,13H,10-12,14-15H2. The molecule has 1 aliphatic heterocycles. The Balaban J connectivity index is 1.48. The van der Waals surface area contributed by atoms with E-state index in [1.807, 2.05) is 24.4 Å². The molecule has 3 nitrogen and oxygen atoms in total. The Morgan fingerprint density at radius 1 is 0.958 bits per heavy atom. The van der Waals surface area contributed by atoms with Gasteiger partial charge >= 0.3 is 0 Å². The van der Waals surface area contributed by atoms with E-state index >= 15 is 0 Å². The molecule has 1 aromatic heterocycles. The van der Waals surface area contributed by atoms with E-state index in [1.165, 1.54) is 17.3 Å². The number of halogens is 1. The second kappa shape index (κ2) is 6.57. The third-order valence-corrected chi connectivity index (χ3v) is 4.60. The van der Waals surface area contributed by atoms with Crippen LogP contribution in [-0.2, 0) is 26.1 Å². The van der Waals surface area contributed by atoms with Crippen LogP contribution in [0.15, 0.2) is 60.8 Å². The molecule has 0 radical (unpaired) electrons. The van der Waals surface area contributed by atoms with Crippen LogP contribution in [0.1, 0.15) is 22.6 Å². The van der Waals surface area contributed by atoms with Gasteiger partial charge in [-0.2, -0.15) is 0 Å². The number of benzene rings is 2. The molecule has 1 aliphatic rings. The largest absolute Gasteiger partial charge is 0.329 e. The Morgan fingerprint density at radius 3 is 2.58 bits per heavy atom. The summed E-state index contributed by atoms with van der Waals surface area (Å²) < 4.78 is 16.1. The molecule has 0 saturated heterocycles. The van der Waals surface area contributed by atoms with Gasteiger partial charge in [0, 0.05) is 38.8 Å². The highest BCUT2D eigenvalue weighted by atomic mass is 19.1. The molecule has 3 aromatic rings. The SMILES string of the molecule is Fc1ccccc1Cc1ncc2n1CCN(Cc1ccccc1)C2. The average molecular weight is 321 g/mol. The van der Waals surface area contributed by atoms with Gasteiger partial charge < -0.3 is 4.57 Å². The van der Waals surface area contributed by atoms with Crippen LogP contribution < -0.4 is 0 Å². The lowest BCUT2D eigenvalue weighted by molar-refractivity contribution is 0.211. The van der Waals surface area contributed by atoms with Crippen molar-refractivity contribution in [3.63, 3.8) is 0 Å². The molecule has 0 amide bonds. The Bertz CT molecular complexity index is 826. The van der Waals surface area contributed by atoms with Gasteiger partial charge in [0.1, 0.15) is 11.6 Å². The molecule has 0 spiro atoms. The van der Waals surface area contributed by atoms with Crippen LogP contribution in [0.5, 0.6) is 0 Å². The van der Waals surface area contributed by atoms with Gasteiger partial charge in [-0.1, -0.05) is 48.5 Å². The minimum absolute atomic E-state index is 0.156. The maximum Gasteiger partial charge on any atom is 0.126 e. The number of fused-ring (bicyclic) bond motifs is 1. The van der Waals surface area contributed by atoms with E-state index in [0.29, 0.717) is 12.0 Å². The quantitative estimate of drug-likeness (QED) is 0.732. The van der Waals surface area contributed by atoms with Crippen LogP contribution in [0.2, 0.25) is 0 Å². The highest BCUT2D eigenvalue weighted by molar-refractivity contribution is 5.23. The molecule has 2 aromatic carbocycles. The molecule has 0 unspecified atom stereocenters. The number of hydrogen-bond donors (Lipinski definition) is 0. The van der Waals surface area contributed by atoms with Crippen molar-refractivity contribution in [3.05, 3.63) is 89.3 Å². The monoisotopic (exact) mass is 321 g/mol. The van der Waals surface area contributed by atoms with Gasteiger partial charge in [-0.3, -0.25) is 4.90 Å². The summed E-state index contributed by atoms with van der Waals surface area (Å²) in [6.07, 6.45) is 2.48. The predicted molar refractivity (Wildman–Crippen MR) is 92.0 cm³/mol. The molecule has 0 N–H and O–H groups in total. The zero-order valence-electron chi connectivity index (χ0n) is 13.5. The lowest BCUT2D eigenvalue weighted by Crippen LogP contribution is -2.33. The van der Waals surface area contributed by atoms with E-state index in [9.17, 15) is 4.39 Å². The first-order chi connectivity index (χ1) is 11.8. The summed E-state index contributed by atoms with van der Waals surface area (Å²) in [7, 11) is 0. The van der Waals surface area contributed by atoms with Gasteiger partial charge in [0.2, 0.25) is 0 Å². The summed E-state index contributed by atoms with van der Waals surface area (Å²) >= 11 is 0. The van der Waals surface area contributed by atoms with Crippen LogP contribution in [0, 0.1) is 5.82 Å². The number of aromatic nitrogens is 2. The Labute approximate surface area is 141 Å². The lowest BCUT2D eigenvalue weighted by atomic mass is 10.1. The van der Waals surface area contributed by atoms with Crippen molar-refractivity contribution >= 4 is 0 Å². The van der Waals surface area contributed by atoms with Gasteiger partial charge in [0.25, 0.3) is 0 Å². The van der Waals surface area contributed by atoms with Crippen LogP contribution in [0.3, 0.4) is 0 Å².